The highest BCUT2D eigenvalue weighted by atomic mass is 19.1. The first-order valence-corrected chi connectivity index (χ1v) is 8.50. The van der Waals surface area contributed by atoms with Crippen molar-refractivity contribution < 1.29 is 18.8 Å². The van der Waals surface area contributed by atoms with Crippen molar-refractivity contribution in [2.45, 2.75) is 6.10 Å². The minimum Gasteiger partial charge on any atom is -0.381 e. The summed E-state index contributed by atoms with van der Waals surface area (Å²) < 4.78 is 13.2. The van der Waals surface area contributed by atoms with Crippen molar-refractivity contribution in [2.75, 3.05) is 4.90 Å². The predicted molar refractivity (Wildman–Crippen MR) is 97.7 cm³/mol. The largest absolute Gasteiger partial charge is 0.381 e. The first-order chi connectivity index (χ1) is 13.1. The lowest BCUT2D eigenvalue weighted by Crippen LogP contribution is -2.33. The maximum Gasteiger partial charge on any atom is 0.278 e. The van der Waals surface area contributed by atoms with E-state index in [1.807, 2.05) is 36.4 Å². The molecule has 5 nitrogen and oxygen atoms in total. The van der Waals surface area contributed by atoms with Gasteiger partial charge in [0.25, 0.3) is 5.91 Å². The van der Waals surface area contributed by atoms with Crippen molar-refractivity contribution in [3.05, 3.63) is 78.1 Å². The molecule has 2 atom stereocenters. The number of carbonyl (C=O) groups excluding carboxylic acids is 2. The van der Waals surface area contributed by atoms with Gasteiger partial charge in [0.1, 0.15) is 17.4 Å². The summed E-state index contributed by atoms with van der Waals surface area (Å²) in [5, 5.41) is 5.68. The van der Waals surface area contributed by atoms with E-state index in [-0.39, 0.29) is 11.7 Å². The van der Waals surface area contributed by atoms with E-state index in [2.05, 4.69) is 5.16 Å². The number of carbonyl (C=O) groups is 2. The molecule has 3 aromatic rings. The Balaban J connectivity index is 1.58. The summed E-state index contributed by atoms with van der Waals surface area (Å²) in [4.78, 5) is 32.6. The molecule has 0 unspecified atom stereocenters. The lowest BCUT2D eigenvalue weighted by atomic mass is 9.94. The van der Waals surface area contributed by atoms with E-state index in [1.165, 1.54) is 29.2 Å². The van der Waals surface area contributed by atoms with Crippen LogP contribution >= 0.6 is 0 Å². The van der Waals surface area contributed by atoms with Gasteiger partial charge in [-0.1, -0.05) is 53.7 Å². The quantitative estimate of drug-likeness (QED) is 0.659. The third-order valence-corrected chi connectivity index (χ3v) is 4.96. The van der Waals surface area contributed by atoms with Gasteiger partial charge in [-0.2, -0.15) is 0 Å². The standard InChI is InChI=1S/C21H13FN2O3/c22-14-10-8-13(9-11-14)18-17-19(27-23-18)21(26)24(20(17)25)16-7-3-5-12-4-1-2-6-15(12)16/h1-11,17,19H/t17-,19+/m1/s1. The molecule has 2 amide bonds. The molecule has 2 heterocycles. The number of benzene rings is 3. The van der Waals surface area contributed by atoms with Gasteiger partial charge in [0, 0.05) is 10.9 Å². The highest BCUT2D eigenvalue weighted by Gasteiger charge is 2.56. The highest BCUT2D eigenvalue weighted by molar-refractivity contribution is 6.33. The van der Waals surface area contributed by atoms with Crippen molar-refractivity contribution in [1.29, 1.82) is 0 Å². The SMILES string of the molecule is O=C1[C@@H]2C(c3ccc(F)cc3)=NO[C@@H]2C(=O)N1c1cccc2ccccc12. The van der Waals surface area contributed by atoms with Crippen LogP contribution in [0.4, 0.5) is 10.1 Å². The lowest BCUT2D eigenvalue weighted by molar-refractivity contribution is -0.126. The molecule has 0 saturated carbocycles. The summed E-state index contributed by atoms with van der Waals surface area (Å²) in [5.74, 6) is -2.05. The van der Waals surface area contributed by atoms with Crippen LogP contribution in [-0.2, 0) is 14.4 Å². The smallest absolute Gasteiger partial charge is 0.278 e. The van der Waals surface area contributed by atoms with Gasteiger partial charge in [-0.25, -0.2) is 9.29 Å². The van der Waals surface area contributed by atoms with E-state index in [4.69, 9.17) is 4.84 Å². The average molecular weight is 360 g/mol. The van der Waals surface area contributed by atoms with Gasteiger partial charge in [0.15, 0.2) is 0 Å². The van der Waals surface area contributed by atoms with Crippen molar-refractivity contribution in [2.24, 2.45) is 11.1 Å². The summed E-state index contributed by atoms with van der Waals surface area (Å²) >= 11 is 0. The molecule has 1 saturated heterocycles. The van der Waals surface area contributed by atoms with Crippen molar-refractivity contribution in [1.82, 2.24) is 0 Å². The average Bonchev–Trinajstić information content (AvgIpc) is 3.23. The minimum absolute atomic E-state index is 0.348. The number of anilines is 1. The Hall–Kier alpha value is -3.54. The second-order valence-corrected chi connectivity index (χ2v) is 6.50. The Morgan fingerprint density at radius 2 is 1.63 bits per heavy atom. The zero-order chi connectivity index (χ0) is 18.5. The molecule has 5 rings (SSSR count). The van der Waals surface area contributed by atoms with Crippen molar-refractivity contribution in [3.63, 3.8) is 0 Å². The molecule has 2 aliphatic heterocycles. The first kappa shape index (κ1) is 15.7. The molecule has 0 spiro atoms. The van der Waals surface area contributed by atoms with Gasteiger partial charge in [0.05, 0.1) is 5.69 Å². The Morgan fingerprint density at radius 3 is 2.44 bits per heavy atom. The number of fused-ring (bicyclic) bond motifs is 2. The molecular formula is C21H13FN2O3. The Kier molecular flexibility index (Phi) is 3.33. The number of amides is 2. The second-order valence-electron chi connectivity index (χ2n) is 6.50. The van der Waals surface area contributed by atoms with Gasteiger partial charge in [0.2, 0.25) is 12.0 Å². The van der Waals surface area contributed by atoms with E-state index in [1.54, 1.807) is 6.07 Å². The fraction of sp³-hybridized carbons (Fsp3) is 0.0952. The van der Waals surface area contributed by atoms with Gasteiger partial charge in [-0.3, -0.25) is 9.59 Å². The summed E-state index contributed by atoms with van der Waals surface area (Å²) in [5.41, 5.74) is 1.44. The first-order valence-electron chi connectivity index (χ1n) is 8.50. The normalized spacial score (nSPS) is 21.4. The van der Waals surface area contributed by atoms with Gasteiger partial charge in [-0.15, -0.1) is 0 Å². The van der Waals surface area contributed by atoms with E-state index < -0.39 is 17.9 Å². The monoisotopic (exact) mass is 360 g/mol. The van der Waals surface area contributed by atoms with Crippen molar-refractivity contribution in [3.8, 4) is 0 Å². The van der Waals surface area contributed by atoms with E-state index in [0.29, 0.717) is 17.0 Å². The number of hydrogen-bond donors (Lipinski definition) is 0. The fourth-order valence-electron chi connectivity index (χ4n) is 3.68. The molecule has 0 bridgehead atoms. The number of nitrogens with zero attached hydrogens (tertiary/aromatic N) is 2. The van der Waals surface area contributed by atoms with Crippen LogP contribution < -0.4 is 4.90 Å². The third-order valence-electron chi connectivity index (χ3n) is 4.96. The van der Waals surface area contributed by atoms with Crippen LogP contribution in [0.1, 0.15) is 5.56 Å². The summed E-state index contributed by atoms with van der Waals surface area (Å²) in [6, 6.07) is 18.7. The molecule has 6 heteroatoms. The van der Waals surface area contributed by atoms with Crippen molar-refractivity contribution >= 4 is 34.0 Å². The molecule has 1 fully saturated rings. The zero-order valence-electron chi connectivity index (χ0n) is 14.0. The molecule has 27 heavy (non-hydrogen) atoms. The van der Waals surface area contributed by atoms with Gasteiger partial charge in [-0.05, 0) is 23.6 Å². The number of oxime groups is 1. The van der Waals surface area contributed by atoms with Crippen LogP contribution in [0.2, 0.25) is 0 Å². The topological polar surface area (TPSA) is 59.0 Å². The summed E-state index contributed by atoms with van der Waals surface area (Å²) in [7, 11) is 0. The zero-order valence-corrected chi connectivity index (χ0v) is 14.0. The molecule has 0 aromatic heterocycles. The Bertz CT molecular complexity index is 1120. The third kappa shape index (κ3) is 2.26. The lowest BCUT2D eigenvalue weighted by Gasteiger charge is -2.17. The van der Waals surface area contributed by atoms with E-state index in [9.17, 15) is 14.0 Å². The van der Waals surface area contributed by atoms with Crippen LogP contribution in [-0.4, -0.2) is 23.6 Å². The molecule has 0 aliphatic carbocycles. The number of halogens is 1. The number of rotatable bonds is 2. The fourth-order valence-corrected chi connectivity index (χ4v) is 3.68. The van der Waals surface area contributed by atoms with E-state index >= 15 is 0 Å². The van der Waals surface area contributed by atoms with Crippen LogP contribution in [0, 0.1) is 11.7 Å². The van der Waals surface area contributed by atoms with Crippen LogP contribution in [0.25, 0.3) is 10.8 Å². The van der Waals surface area contributed by atoms with E-state index in [0.717, 1.165) is 10.8 Å². The molecule has 0 radical (unpaired) electrons. The predicted octanol–water partition coefficient (Wildman–Crippen LogP) is 3.27. The van der Waals surface area contributed by atoms with Crippen LogP contribution in [0.5, 0.6) is 0 Å². The van der Waals surface area contributed by atoms with Gasteiger partial charge < -0.3 is 4.84 Å². The number of hydrogen-bond acceptors (Lipinski definition) is 4. The second kappa shape index (κ2) is 5.74. The highest BCUT2D eigenvalue weighted by Crippen LogP contribution is 2.37. The maximum atomic E-state index is 13.2. The summed E-state index contributed by atoms with van der Waals surface area (Å²) in [6.45, 7) is 0. The number of imide groups is 1. The molecule has 0 N–H and O–H groups in total. The molecule has 3 aromatic carbocycles. The Labute approximate surface area is 153 Å². The minimum atomic E-state index is -0.989. The van der Waals surface area contributed by atoms with Gasteiger partial charge >= 0.3 is 0 Å². The summed E-state index contributed by atoms with van der Waals surface area (Å²) in [6.07, 6.45) is -0.989. The Morgan fingerprint density at radius 1 is 0.889 bits per heavy atom. The molecular weight excluding hydrogens is 347 g/mol. The molecule has 132 valence electrons. The van der Waals surface area contributed by atoms with Crippen LogP contribution in [0.15, 0.2) is 71.9 Å². The molecule has 2 aliphatic rings. The van der Waals surface area contributed by atoms with Crippen LogP contribution in [0.3, 0.4) is 0 Å². The maximum absolute atomic E-state index is 13.2.